The summed E-state index contributed by atoms with van der Waals surface area (Å²) in [6, 6.07) is 18.7. The number of nitrogens with zero attached hydrogens (tertiary/aromatic N) is 3. The normalized spacial score (nSPS) is 10.7. The summed E-state index contributed by atoms with van der Waals surface area (Å²) < 4.78 is 6.07. The van der Waals surface area contributed by atoms with E-state index in [2.05, 4.69) is 20.3 Å². The maximum atomic E-state index is 11.7. The summed E-state index contributed by atoms with van der Waals surface area (Å²) in [4.78, 5) is 25.1. The summed E-state index contributed by atoms with van der Waals surface area (Å²) in [5.41, 5.74) is 2.33. The minimum Gasteiger partial charge on any atom is -0.438 e. The molecule has 6 nitrogen and oxygen atoms in total. The maximum Gasteiger partial charge on any atom is 0.234 e. The molecule has 7 heteroatoms. The van der Waals surface area contributed by atoms with Gasteiger partial charge in [-0.1, -0.05) is 12.1 Å². The third-order valence-electron chi connectivity index (χ3n) is 4.12. The molecule has 0 aliphatic rings. The molecule has 0 fully saturated rings. The molecule has 1 amide bonds. The van der Waals surface area contributed by atoms with Crippen LogP contribution in [0.3, 0.4) is 0 Å². The molecule has 2 aromatic carbocycles. The molecule has 0 bridgehead atoms. The van der Waals surface area contributed by atoms with Crippen LogP contribution in [0.1, 0.15) is 0 Å². The fourth-order valence-corrected chi connectivity index (χ4v) is 3.13. The molecule has 0 saturated carbocycles. The summed E-state index contributed by atoms with van der Waals surface area (Å²) >= 11 is 1.48. The van der Waals surface area contributed by atoms with Gasteiger partial charge in [0.15, 0.2) is 5.82 Å². The predicted molar refractivity (Wildman–Crippen MR) is 116 cm³/mol. The number of ether oxygens (including phenoxy) is 1. The Balaban J connectivity index is 1.64. The Morgan fingerprint density at radius 3 is 2.62 bits per heavy atom. The molecule has 4 aromatic rings. The van der Waals surface area contributed by atoms with E-state index in [0.717, 1.165) is 22.2 Å². The van der Waals surface area contributed by atoms with Gasteiger partial charge < -0.3 is 10.1 Å². The molecule has 29 heavy (non-hydrogen) atoms. The Bertz CT molecular complexity index is 1130. The van der Waals surface area contributed by atoms with E-state index >= 15 is 0 Å². The molecule has 144 valence electrons. The zero-order valence-electron chi connectivity index (χ0n) is 15.7. The van der Waals surface area contributed by atoms with Crippen LogP contribution in [0.5, 0.6) is 11.6 Å². The highest BCUT2D eigenvalue weighted by Gasteiger charge is 2.11. The zero-order chi connectivity index (χ0) is 20.1. The fourth-order valence-electron chi connectivity index (χ4n) is 2.80. The molecular formula is C22H18N4O2S. The Morgan fingerprint density at radius 2 is 1.86 bits per heavy atom. The van der Waals surface area contributed by atoms with Gasteiger partial charge in [-0.15, -0.1) is 0 Å². The molecule has 4 rings (SSSR count). The first-order chi connectivity index (χ1) is 14.2. The lowest BCUT2D eigenvalue weighted by atomic mass is 10.2. The average molecular weight is 402 g/mol. The lowest BCUT2D eigenvalue weighted by Crippen LogP contribution is -2.13. The van der Waals surface area contributed by atoms with Crippen molar-refractivity contribution in [2.75, 3.05) is 17.3 Å². The van der Waals surface area contributed by atoms with Crippen molar-refractivity contribution in [2.24, 2.45) is 0 Å². The lowest BCUT2D eigenvalue weighted by Gasteiger charge is -2.11. The van der Waals surface area contributed by atoms with E-state index in [4.69, 9.17) is 4.74 Å². The number of aromatic nitrogens is 3. The van der Waals surface area contributed by atoms with Crippen molar-refractivity contribution >= 4 is 34.3 Å². The summed E-state index contributed by atoms with van der Waals surface area (Å²) in [5, 5.41) is 3.66. The quantitative estimate of drug-likeness (QED) is 0.500. The highest BCUT2D eigenvalue weighted by Crippen LogP contribution is 2.30. The van der Waals surface area contributed by atoms with Crippen LogP contribution in [-0.2, 0) is 4.79 Å². The number of hydrogen-bond donors (Lipinski definition) is 1. The van der Waals surface area contributed by atoms with Gasteiger partial charge in [-0.3, -0.25) is 9.78 Å². The molecule has 0 aliphatic heterocycles. The number of hydrogen-bond acceptors (Lipinski definition) is 6. The first-order valence-corrected chi connectivity index (χ1v) is 10.4. The summed E-state index contributed by atoms with van der Waals surface area (Å²) in [6.07, 6.45) is 5.32. The van der Waals surface area contributed by atoms with Crippen LogP contribution in [0.2, 0.25) is 0 Å². The maximum absolute atomic E-state index is 11.7. The molecular weight excluding hydrogens is 384 g/mol. The summed E-state index contributed by atoms with van der Waals surface area (Å²) in [7, 11) is 0. The van der Waals surface area contributed by atoms with Crippen molar-refractivity contribution in [2.45, 2.75) is 0 Å². The zero-order valence-corrected chi connectivity index (χ0v) is 16.5. The van der Waals surface area contributed by atoms with Crippen LogP contribution in [0.4, 0.5) is 5.69 Å². The Labute approximate surface area is 172 Å². The predicted octanol–water partition coefficient (Wildman–Crippen LogP) is 4.79. The molecule has 2 heterocycles. The number of thioether (sulfide) groups is 1. The molecule has 1 N–H and O–H groups in total. The molecule has 0 radical (unpaired) electrons. The highest BCUT2D eigenvalue weighted by molar-refractivity contribution is 7.99. The van der Waals surface area contributed by atoms with E-state index in [1.54, 1.807) is 36.7 Å². The van der Waals surface area contributed by atoms with Crippen LogP contribution < -0.4 is 10.1 Å². The van der Waals surface area contributed by atoms with Crippen LogP contribution in [0.25, 0.3) is 22.3 Å². The van der Waals surface area contributed by atoms with E-state index in [1.807, 2.05) is 42.7 Å². The fraction of sp³-hybridized carbons (Fsp3) is 0.0909. The van der Waals surface area contributed by atoms with Gasteiger partial charge in [0, 0.05) is 23.6 Å². The SMILES string of the molecule is CSCC(=O)Nc1ccc(Oc2nc(-c3cccnc3)nc3ccccc23)cc1. The number of fused-ring (bicyclic) bond motifs is 1. The number of pyridine rings is 1. The third-order valence-corrected chi connectivity index (χ3v) is 4.67. The second kappa shape index (κ2) is 8.70. The molecule has 2 aromatic heterocycles. The number of nitrogens with one attached hydrogen (secondary N) is 1. The smallest absolute Gasteiger partial charge is 0.234 e. The van der Waals surface area contributed by atoms with Gasteiger partial charge >= 0.3 is 0 Å². The van der Waals surface area contributed by atoms with Gasteiger partial charge in [0.05, 0.1) is 16.7 Å². The minimum absolute atomic E-state index is 0.0333. The number of carbonyl (C=O) groups is 1. The van der Waals surface area contributed by atoms with Crippen LogP contribution in [0, 0.1) is 0 Å². The largest absolute Gasteiger partial charge is 0.438 e. The van der Waals surface area contributed by atoms with E-state index in [1.165, 1.54) is 11.8 Å². The Hall–Kier alpha value is -3.45. The van der Waals surface area contributed by atoms with E-state index < -0.39 is 0 Å². The van der Waals surface area contributed by atoms with E-state index in [0.29, 0.717) is 23.2 Å². The van der Waals surface area contributed by atoms with Gasteiger partial charge in [0.1, 0.15) is 5.75 Å². The van der Waals surface area contributed by atoms with Gasteiger partial charge in [-0.25, -0.2) is 4.98 Å². The number of carbonyl (C=O) groups excluding carboxylic acids is 1. The number of benzene rings is 2. The second-order valence-electron chi connectivity index (χ2n) is 6.22. The van der Waals surface area contributed by atoms with Gasteiger partial charge in [0.2, 0.25) is 11.8 Å². The van der Waals surface area contributed by atoms with Crippen molar-refractivity contribution < 1.29 is 9.53 Å². The second-order valence-corrected chi connectivity index (χ2v) is 7.08. The van der Waals surface area contributed by atoms with Crippen LogP contribution in [0.15, 0.2) is 73.1 Å². The number of para-hydroxylation sites is 1. The number of rotatable bonds is 6. The van der Waals surface area contributed by atoms with Crippen molar-refractivity contribution in [3.05, 3.63) is 73.1 Å². The van der Waals surface area contributed by atoms with Crippen molar-refractivity contribution in [3.8, 4) is 23.0 Å². The molecule has 0 atom stereocenters. The third kappa shape index (κ3) is 4.52. The van der Waals surface area contributed by atoms with Gasteiger partial charge in [0.25, 0.3) is 0 Å². The number of amides is 1. The standard InChI is InChI=1S/C22H18N4O2S/c1-29-14-20(27)24-16-8-10-17(11-9-16)28-22-18-6-2-3-7-19(18)25-21(26-22)15-5-4-12-23-13-15/h2-13H,14H2,1H3,(H,24,27). The van der Waals surface area contributed by atoms with Crippen LogP contribution in [-0.4, -0.2) is 32.9 Å². The molecule has 0 unspecified atom stereocenters. The number of anilines is 1. The van der Waals surface area contributed by atoms with Crippen LogP contribution >= 0.6 is 11.8 Å². The van der Waals surface area contributed by atoms with Crippen molar-refractivity contribution in [3.63, 3.8) is 0 Å². The van der Waals surface area contributed by atoms with Crippen molar-refractivity contribution in [1.82, 2.24) is 15.0 Å². The first-order valence-electron chi connectivity index (χ1n) is 8.97. The van der Waals surface area contributed by atoms with Crippen molar-refractivity contribution in [1.29, 1.82) is 0 Å². The molecule has 0 aliphatic carbocycles. The Morgan fingerprint density at radius 1 is 1.03 bits per heavy atom. The van der Waals surface area contributed by atoms with E-state index in [-0.39, 0.29) is 5.91 Å². The molecule has 0 saturated heterocycles. The van der Waals surface area contributed by atoms with Gasteiger partial charge in [-0.05, 0) is 54.8 Å². The first kappa shape index (κ1) is 18.9. The summed E-state index contributed by atoms with van der Waals surface area (Å²) in [5.74, 6) is 2.02. The lowest BCUT2D eigenvalue weighted by molar-refractivity contribution is -0.113. The van der Waals surface area contributed by atoms with Gasteiger partial charge in [-0.2, -0.15) is 16.7 Å². The molecule has 0 spiro atoms. The van der Waals surface area contributed by atoms with E-state index in [9.17, 15) is 4.79 Å². The topological polar surface area (TPSA) is 77.0 Å². The summed E-state index contributed by atoms with van der Waals surface area (Å²) in [6.45, 7) is 0. The highest BCUT2D eigenvalue weighted by atomic mass is 32.2. The Kier molecular flexibility index (Phi) is 5.67. The monoisotopic (exact) mass is 402 g/mol. The average Bonchev–Trinajstić information content (AvgIpc) is 2.76. The minimum atomic E-state index is -0.0333.